The van der Waals surface area contributed by atoms with E-state index >= 15 is 0 Å². The van der Waals surface area contributed by atoms with E-state index in [0.29, 0.717) is 5.65 Å². The van der Waals surface area contributed by atoms with Crippen LogP contribution in [0.3, 0.4) is 0 Å². The third-order valence-corrected chi connectivity index (χ3v) is 4.33. The predicted octanol–water partition coefficient (Wildman–Crippen LogP) is 4.43. The molecule has 0 aliphatic carbocycles. The number of aromatic nitrogens is 3. The fourth-order valence-corrected chi connectivity index (χ4v) is 3.03. The number of imidazole rings is 1. The Bertz CT molecular complexity index is 1080. The molecule has 5 nitrogen and oxygen atoms in total. The first-order valence-corrected chi connectivity index (χ1v) is 7.69. The van der Waals surface area contributed by atoms with Crippen LogP contribution < -0.4 is 0 Å². The van der Waals surface area contributed by atoms with Gasteiger partial charge < -0.3 is 5.11 Å². The monoisotopic (exact) mass is 403 g/mol. The lowest BCUT2D eigenvalue weighted by molar-refractivity contribution is 0.0697. The first kappa shape index (κ1) is 16.4. The van der Waals surface area contributed by atoms with Crippen molar-refractivity contribution in [1.82, 2.24) is 14.4 Å². The Morgan fingerprint density at radius 2 is 2.00 bits per heavy atom. The number of pyridine rings is 2. The second kappa shape index (κ2) is 6.22. The van der Waals surface area contributed by atoms with E-state index in [1.165, 1.54) is 0 Å². The number of halogens is 2. The van der Waals surface area contributed by atoms with Gasteiger partial charge in [-0.05, 0) is 40.2 Å². The number of aromatic carboxylic acids is 1. The van der Waals surface area contributed by atoms with Gasteiger partial charge in [0.25, 0.3) is 0 Å². The summed E-state index contributed by atoms with van der Waals surface area (Å²) in [6.07, 6.45) is 3.40. The van der Waals surface area contributed by atoms with Crippen LogP contribution in [0, 0.1) is 0 Å². The number of fused-ring (bicyclic) bond motifs is 2. The van der Waals surface area contributed by atoms with Crippen molar-refractivity contribution < 1.29 is 9.90 Å². The summed E-state index contributed by atoms with van der Waals surface area (Å²) in [5.41, 5.74) is 3.26. The summed E-state index contributed by atoms with van der Waals surface area (Å²) < 4.78 is 2.76. The van der Waals surface area contributed by atoms with Crippen LogP contribution >= 0.6 is 28.3 Å². The lowest BCUT2D eigenvalue weighted by Crippen LogP contribution is -1.98. The summed E-state index contributed by atoms with van der Waals surface area (Å²) in [6.45, 7) is 0. The molecule has 0 bridgehead atoms. The van der Waals surface area contributed by atoms with Crippen molar-refractivity contribution >= 4 is 50.9 Å². The van der Waals surface area contributed by atoms with Crippen molar-refractivity contribution in [3.63, 3.8) is 0 Å². The van der Waals surface area contributed by atoms with Crippen LogP contribution in [0.1, 0.15) is 10.4 Å². The Kier molecular flexibility index (Phi) is 4.26. The molecule has 1 aromatic carbocycles. The Morgan fingerprint density at radius 1 is 1.17 bits per heavy atom. The summed E-state index contributed by atoms with van der Waals surface area (Å²) in [5, 5.41) is 10.1. The highest BCUT2D eigenvalue weighted by Crippen LogP contribution is 2.26. The van der Waals surface area contributed by atoms with Gasteiger partial charge in [0.15, 0.2) is 0 Å². The fraction of sp³-hybridized carbons (Fsp3) is 0. The average Bonchev–Trinajstić information content (AvgIpc) is 2.98. The third kappa shape index (κ3) is 2.64. The third-order valence-electron chi connectivity index (χ3n) is 3.69. The van der Waals surface area contributed by atoms with Crippen LogP contribution in [0.25, 0.3) is 27.9 Å². The normalized spacial score (nSPS) is 10.7. The second-order valence-corrected chi connectivity index (χ2v) is 5.95. The van der Waals surface area contributed by atoms with Crippen LogP contribution in [0.4, 0.5) is 0 Å². The van der Waals surface area contributed by atoms with Crippen molar-refractivity contribution in [2.75, 3.05) is 0 Å². The number of benzene rings is 1. The number of carboxylic acids is 1. The van der Waals surface area contributed by atoms with Crippen molar-refractivity contribution in [2.45, 2.75) is 0 Å². The Hall–Kier alpha value is -2.44. The molecule has 0 saturated carbocycles. The summed E-state index contributed by atoms with van der Waals surface area (Å²) in [4.78, 5) is 20.0. The zero-order chi connectivity index (χ0) is 16.0. The van der Waals surface area contributed by atoms with E-state index in [0.717, 1.165) is 26.8 Å². The summed E-state index contributed by atoms with van der Waals surface area (Å²) in [6, 6.07) is 13.0. The molecule has 7 heteroatoms. The topological polar surface area (TPSA) is 67.5 Å². The molecule has 0 amide bonds. The van der Waals surface area contributed by atoms with Crippen molar-refractivity contribution in [2.24, 2.45) is 0 Å². The molecular formula is C17H11BrClN3O2. The van der Waals surface area contributed by atoms with Crippen LogP contribution in [0.5, 0.6) is 0 Å². The van der Waals surface area contributed by atoms with Gasteiger partial charge in [-0.25, -0.2) is 14.8 Å². The maximum Gasteiger partial charge on any atom is 0.335 e. The maximum absolute atomic E-state index is 11.1. The number of rotatable bonds is 2. The molecule has 0 saturated heterocycles. The molecule has 3 aromatic heterocycles. The summed E-state index contributed by atoms with van der Waals surface area (Å²) in [5.74, 6) is -0.968. The van der Waals surface area contributed by atoms with Crippen LogP contribution in [0.2, 0.25) is 0 Å². The summed E-state index contributed by atoms with van der Waals surface area (Å²) >= 11 is 3.52. The molecule has 1 N–H and O–H groups in total. The molecule has 0 atom stereocenters. The number of carbonyl (C=O) groups is 1. The quantitative estimate of drug-likeness (QED) is 0.536. The van der Waals surface area contributed by atoms with E-state index < -0.39 is 5.97 Å². The standard InChI is InChI=1S/C17H10BrN3O2.ClH/c18-12-3-1-2-10-4-5-13(20-16(10)12)14-9-19-15-8-11(17(22)23)6-7-21(14)15;/h1-9H,(H,22,23);1H. The fourth-order valence-electron chi connectivity index (χ4n) is 2.56. The number of hydrogen-bond donors (Lipinski definition) is 1. The first-order valence-electron chi connectivity index (χ1n) is 6.89. The van der Waals surface area contributed by atoms with Gasteiger partial charge in [0.1, 0.15) is 5.65 Å². The largest absolute Gasteiger partial charge is 0.478 e. The number of hydrogen-bond acceptors (Lipinski definition) is 3. The minimum absolute atomic E-state index is 0. The van der Waals surface area contributed by atoms with Crippen LogP contribution in [0.15, 0.2) is 59.3 Å². The number of para-hydroxylation sites is 1. The Balaban J connectivity index is 0.00000169. The Labute approximate surface area is 151 Å². The highest BCUT2D eigenvalue weighted by Gasteiger charge is 2.11. The number of carboxylic acid groups (broad SMARTS) is 1. The molecule has 3 heterocycles. The van der Waals surface area contributed by atoms with Crippen molar-refractivity contribution in [1.29, 1.82) is 0 Å². The van der Waals surface area contributed by atoms with Gasteiger partial charge in [-0.3, -0.25) is 4.40 Å². The molecule has 4 rings (SSSR count). The molecule has 0 aliphatic heterocycles. The van der Waals surface area contributed by atoms with Gasteiger partial charge in [0.2, 0.25) is 0 Å². The van der Waals surface area contributed by atoms with E-state index in [1.54, 1.807) is 24.5 Å². The van der Waals surface area contributed by atoms with E-state index in [9.17, 15) is 4.79 Å². The molecule has 0 fully saturated rings. The lowest BCUT2D eigenvalue weighted by Gasteiger charge is -2.05. The SMILES string of the molecule is Cl.O=C(O)c1ccn2c(-c3ccc4cccc(Br)c4n3)cnc2c1. The molecule has 24 heavy (non-hydrogen) atoms. The van der Waals surface area contributed by atoms with E-state index in [4.69, 9.17) is 10.1 Å². The van der Waals surface area contributed by atoms with E-state index in [-0.39, 0.29) is 18.0 Å². The van der Waals surface area contributed by atoms with Gasteiger partial charge in [-0.2, -0.15) is 0 Å². The van der Waals surface area contributed by atoms with Gasteiger partial charge in [-0.15, -0.1) is 12.4 Å². The van der Waals surface area contributed by atoms with Crippen LogP contribution in [-0.4, -0.2) is 25.4 Å². The molecular weight excluding hydrogens is 394 g/mol. The average molecular weight is 405 g/mol. The van der Waals surface area contributed by atoms with E-state index in [2.05, 4.69) is 20.9 Å². The minimum Gasteiger partial charge on any atom is -0.478 e. The van der Waals surface area contributed by atoms with Gasteiger partial charge in [0.05, 0.1) is 28.7 Å². The zero-order valence-corrected chi connectivity index (χ0v) is 14.6. The highest BCUT2D eigenvalue weighted by molar-refractivity contribution is 9.10. The lowest BCUT2D eigenvalue weighted by atomic mass is 10.2. The smallest absolute Gasteiger partial charge is 0.335 e. The van der Waals surface area contributed by atoms with Crippen molar-refractivity contribution in [3.05, 3.63) is 64.9 Å². The van der Waals surface area contributed by atoms with Gasteiger partial charge in [0, 0.05) is 16.1 Å². The van der Waals surface area contributed by atoms with Crippen molar-refractivity contribution in [3.8, 4) is 11.4 Å². The van der Waals surface area contributed by atoms with E-state index in [1.807, 2.05) is 34.7 Å². The minimum atomic E-state index is -0.968. The first-order chi connectivity index (χ1) is 11.1. The highest BCUT2D eigenvalue weighted by atomic mass is 79.9. The van der Waals surface area contributed by atoms with Gasteiger partial charge >= 0.3 is 5.97 Å². The zero-order valence-electron chi connectivity index (χ0n) is 12.2. The summed E-state index contributed by atoms with van der Waals surface area (Å²) in [7, 11) is 0. The molecule has 0 unspecified atom stereocenters. The molecule has 0 spiro atoms. The predicted molar refractivity (Wildman–Crippen MR) is 97.8 cm³/mol. The maximum atomic E-state index is 11.1. The molecule has 120 valence electrons. The Morgan fingerprint density at radius 3 is 2.79 bits per heavy atom. The molecule has 0 radical (unpaired) electrons. The molecule has 0 aliphatic rings. The van der Waals surface area contributed by atoms with Gasteiger partial charge in [-0.1, -0.05) is 18.2 Å². The van der Waals surface area contributed by atoms with Crippen LogP contribution in [-0.2, 0) is 0 Å². The second-order valence-electron chi connectivity index (χ2n) is 5.10. The number of nitrogens with zero attached hydrogens (tertiary/aromatic N) is 3. The molecule has 4 aromatic rings.